The van der Waals surface area contributed by atoms with Gasteiger partial charge >= 0.3 is 0 Å². The molecule has 0 aromatic rings. The molecule has 0 aromatic carbocycles. The van der Waals surface area contributed by atoms with Crippen molar-refractivity contribution in [2.24, 2.45) is 5.73 Å². The van der Waals surface area contributed by atoms with Crippen molar-refractivity contribution < 1.29 is 0 Å². The molecule has 1 rings (SSSR count). The van der Waals surface area contributed by atoms with Crippen LogP contribution in [0.15, 0.2) is 0 Å². The predicted molar refractivity (Wildman–Crippen MR) is 75.2 cm³/mol. The van der Waals surface area contributed by atoms with Gasteiger partial charge in [0, 0.05) is 38.3 Å². The number of rotatable bonds is 5. The Balaban J connectivity index is 2.41. The molecule has 3 unspecified atom stereocenters. The Labute approximate surface area is 112 Å². The summed E-state index contributed by atoms with van der Waals surface area (Å²) in [6, 6.07) is 3.26. The van der Waals surface area contributed by atoms with E-state index in [9.17, 15) is 0 Å². The third-order valence-corrected chi connectivity index (χ3v) is 4.16. The van der Waals surface area contributed by atoms with E-state index in [0.717, 1.165) is 32.6 Å². The lowest BCUT2D eigenvalue weighted by atomic mass is 9.95. The average Bonchev–Trinajstić information content (AvgIpc) is 2.37. The second kappa shape index (κ2) is 6.51. The number of piperazine rings is 1. The molecule has 0 radical (unpaired) electrons. The van der Waals surface area contributed by atoms with Crippen molar-refractivity contribution in [3.8, 4) is 6.07 Å². The summed E-state index contributed by atoms with van der Waals surface area (Å²) in [4.78, 5) is 5.01. The number of hydrogen-bond acceptors (Lipinski definition) is 4. The molecule has 18 heavy (non-hydrogen) atoms. The van der Waals surface area contributed by atoms with Crippen molar-refractivity contribution in [2.45, 2.75) is 58.2 Å². The zero-order chi connectivity index (χ0) is 13.8. The summed E-state index contributed by atoms with van der Waals surface area (Å²) in [5.41, 5.74) is 5.22. The Morgan fingerprint density at radius 1 is 1.17 bits per heavy atom. The van der Waals surface area contributed by atoms with E-state index in [0.29, 0.717) is 12.1 Å². The van der Waals surface area contributed by atoms with Crippen LogP contribution in [0.5, 0.6) is 0 Å². The maximum Gasteiger partial charge on any atom is 0.102 e. The summed E-state index contributed by atoms with van der Waals surface area (Å²) >= 11 is 0. The monoisotopic (exact) mass is 252 g/mol. The van der Waals surface area contributed by atoms with E-state index in [1.807, 2.05) is 6.92 Å². The zero-order valence-corrected chi connectivity index (χ0v) is 12.3. The molecule has 1 aliphatic heterocycles. The van der Waals surface area contributed by atoms with Gasteiger partial charge in [0.25, 0.3) is 0 Å². The van der Waals surface area contributed by atoms with E-state index in [1.54, 1.807) is 0 Å². The van der Waals surface area contributed by atoms with Gasteiger partial charge in [-0.05, 0) is 33.6 Å². The fraction of sp³-hybridized carbons (Fsp3) is 0.929. The van der Waals surface area contributed by atoms with Gasteiger partial charge in [-0.2, -0.15) is 5.26 Å². The molecule has 0 aliphatic carbocycles. The van der Waals surface area contributed by atoms with E-state index >= 15 is 0 Å². The standard InChI is InChI=1S/C14H28N4/c1-5-12(2)17-6-8-18(9-7-17)13(3)10-14(4,16)11-15/h12-13H,5-10,16H2,1-4H3. The van der Waals surface area contributed by atoms with Crippen LogP contribution in [0.4, 0.5) is 0 Å². The highest BCUT2D eigenvalue weighted by atomic mass is 15.3. The lowest BCUT2D eigenvalue weighted by Gasteiger charge is -2.41. The van der Waals surface area contributed by atoms with Crippen molar-refractivity contribution in [1.82, 2.24) is 9.80 Å². The molecular formula is C14H28N4. The molecule has 0 aromatic heterocycles. The lowest BCUT2D eigenvalue weighted by molar-refractivity contribution is 0.0709. The van der Waals surface area contributed by atoms with E-state index in [4.69, 9.17) is 11.0 Å². The topological polar surface area (TPSA) is 56.3 Å². The normalized spacial score (nSPS) is 25.1. The minimum atomic E-state index is -0.701. The van der Waals surface area contributed by atoms with Gasteiger partial charge in [-0.1, -0.05) is 6.92 Å². The van der Waals surface area contributed by atoms with Gasteiger partial charge in [0.1, 0.15) is 5.54 Å². The molecule has 1 saturated heterocycles. The van der Waals surface area contributed by atoms with E-state index in [-0.39, 0.29) is 0 Å². The first-order chi connectivity index (χ1) is 8.39. The highest BCUT2D eigenvalue weighted by molar-refractivity contribution is 5.03. The third-order valence-electron chi connectivity index (χ3n) is 4.16. The van der Waals surface area contributed by atoms with Crippen LogP contribution >= 0.6 is 0 Å². The summed E-state index contributed by atoms with van der Waals surface area (Å²) in [7, 11) is 0. The smallest absolute Gasteiger partial charge is 0.102 e. The van der Waals surface area contributed by atoms with Crippen molar-refractivity contribution in [2.75, 3.05) is 26.2 Å². The Kier molecular flexibility index (Phi) is 5.58. The van der Waals surface area contributed by atoms with Gasteiger partial charge in [0.15, 0.2) is 0 Å². The molecule has 1 aliphatic rings. The van der Waals surface area contributed by atoms with Crippen LogP contribution in [0.1, 0.15) is 40.5 Å². The van der Waals surface area contributed by atoms with Crippen LogP contribution in [0.2, 0.25) is 0 Å². The predicted octanol–water partition coefficient (Wildman–Crippen LogP) is 1.42. The van der Waals surface area contributed by atoms with Gasteiger partial charge < -0.3 is 5.73 Å². The first kappa shape index (κ1) is 15.4. The van der Waals surface area contributed by atoms with Gasteiger partial charge in [-0.25, -0.2) is 0 Å². The summed E-state index contributed by atoms with van der Waals surface area (Å²) in [6.07, 6.45) is 1.96. The summed E-state index contributed by atoms with van der Waals surface area (Å²) in [6.45, 7) is 13.0. The molecule has 4 heteroatoms. The first-order valence-corrected chi connectivity index (χ1v) is 7.08. The fourth-order valence-electron chi connectivity index (χ4n) is 2.67. The minimum absolute atomic E-state index is 0.388. The van der Waals surface area contributed by atoms with Crippen molar-refractivity contribution in [3.63, 3.8) is 0 Å². The van der Waals surface area contributed by atoms with Crippen molar-refractivity contribution >= 4 is 0 Å². The number of nitrogens with two attached hydrogens (primary N) is 1. The molecule has 4 nitrogen and oxygen atoms in total. The number of nitrogens with zero attached hydrogens (tertiary/aromatic N) is 3. The molecule has 0 saturated carbocycles. The fourth-order valence-corrected chi connectivity index (χ4v) is 2.67. The maximum atomic E-state index is 8.99. The SMILES string of the molecule is CCC(C)N1CCN(C(C)CC(C)(N)C#N)CC1. The van der Waals surface area contributed by atoms with Gasteiger partial charge in [-0.3, -0.25) is 9.80 Å². The number of hydrogen-bond donors (Lipinski definition) is 1. The quantitative estimate of drug-likeness (QED) is 0.804. The van der Waals surface area contributed by atoms with Gasteiger partial charge in [0.2, 0.25) is 0 Å². The average molecular weight is 252 g/mol. The maximum absolute atomic E-state index is 8.99. The molecule has 0 amide bonds. The second-order valence-corrected chi connectivity index (χ2v) is 5.91. The van der Waals surface area contributed by atoms with Crippen LogP contribution in [0.25, 0.3) is 0 Å². The van der Waals surface area contributed by atoms with Crippen molar-refractivity contribution in [3.05, 3.63) is 0 Å². The zero-order valence-electron chi connectivity index (χ0n) is 12.3. The largest absolute Gasteiger partial charge is 0.314 e. The minimum Gasteiger partial charge on any atom is -0.314 e. The molecular weight excluding hydrogens is 224 g/mol. The molecule has 104 valence electrons. The highest BCUT2D eigenvalue weighted by Crippen LogP contribution is 2.16. The Morgan fingerprint density at radius 3 is 2.00 bits per heavy atom. The Bertz CT molecular complexity index is 287. The van der Waals surface area contributed by atoms with Gasteiger partial charge in [-0.15, -0.1) is 0 Å². The molecule has 0 spiro atoms. The number of nitriles is 1. The lowest BCUT2D eigenvalue weighted by Crippen LogP contribution is -2.53. The van der Waals surface area contributed by atoms with Crippen LogP contribution in [-0.2, 0) is 0 Å². The molecule has 0 bridgehead atoms. The Hall–Kier alpha value is -0.630. The van der Waals surface area contributed by atoms with Gasteiger partial charge in [0.05, 0.1) is 6.07 Å². The Morgan fingerprint density at radius 2 is 1.61 bits per heavy atom. The second-order valence-electron chi connectivity index (χ2n) is 5.91. The van der Waals surface area contributed by atoms with E-state index in [1.165, 1.54) is 6.42 Å². The van der Waals surface area contributed by atoms with Crippen LogP contribution in [-0.4, -0.2) is 53.6 Å². The van der Waals surface area contributed by atoms with Crippen LogP contribution in [0, 0.1) is 11.3 Å². The van der Waals surface area contributed by atoms with Crippen molar-refractivity contribution in [1.29, 1.82) is 5.26 Å². The highest BCUT2D eigenvalue weighted by Gasteiger charge is 2.28. The molecule has 3 atom stereocenters. The van der Waals surface area contributed by atoms with Crippen LogP contribution < -0.4 is 5.73 Å². The van der Waals surface area contributed by atoms with Crippen LogP contribution in [0.3, 0.4) is 0 Å². The van der Waals surface area contributed by atoms with E-state index in [2.05, 4.69) is 36.6 Å². The van der Waals surface area contributed by atoms with E-state index < -0.39 is 5.54 Å². The first-order valence-electron chi connectivity index (χ1n) is 7.08. The summed E-state index contributed by atoms with van der Waals surface area (Å²) in [5.74, 6) is 0. The summed E-state index contributed by atoms with van der Waals surface area (Å²) < 4.78 is 0. The molecule has 1 heterocycles. The molecule has 2 N–H and O–H groups in total. The molecule has 1 fully saturated rings. The summed E-state index contributed by atoms with van der Waals surface area (Å²) in [5, 5.41) is 8.99. The third kappa shape index (κ3) is 4.24.